The second-order valence-electron chi connectivity index (χ2n) is 24.1. The van der Waals surface area contributed by atoms with Crippen molar-refractivity contribution in [2.75, 3.05) is 54.5 Å². The number of halogens is 1. The van der Waals surface area contributed by atoms with Gasteiger partial charge in [-0.2, -0.15) is 0 Å². The van der Waals surface area contributed by atoms with E-state index in [9.17, 15) is 73.2 Å². The Bertz CT molecular complexity index is 2420. The van der Waals surface area contributed by atoms with Gasteiger partial charge < -0.3 is 77.3 Å². The zero-order chi connectivity index (χ0) is 69.1. The lowest BCUT2D eigenvalue weighted by Gasteiger charge is -2.41. The normalized spacial score (nSPS) is 18.1. The van der Waals surface area contributed by atoms with Crippen LogP contribution in [0.25, 0.3) is 0 Å². The highest BCUT2D eigenvalue weighted by molar-refractivity contribution is 14.1. The lowest BCUT2D eigenvalue weighted by atomic mass is 9.89. The number of nitrogens with zero attached hydrogens (tertiary/aromatic N) is 3. The lowest BCUT2D eigenvalue weighted by molar-refractivity contribution is -0.148. The summed E-state index contributed by atoms with van der Waals surface area (Å²) >= 11 is 3.25. The van der Waals surface area contributed by atoms with E-state index in [-0.39, 0.29) is 48.4 Å². The number of carbonyl (C=O) groups is 11. The van der Waals surface area contributed by atoms with E-state index in [1.165, 1.54) is 33.6 Å². The van der Waals surface area contributed by atoms with Crippen molar-refractivity contribution >= 4 is 99.5 Å². The van der Waals surface area contributed by atoms with Crippen LogP contribution in [0.15, 0.2) is 11.6 Å². The fraction of sp³-hybridized carbons (Fsp3) is 0.787. The number of allylic oxidation sites excluding steroid dienone is 1. The minimum atomic E-state index is -1.91. The topological polar surface area (TPSA) is 395 Å². The maximum Gasteiger partial charge on any atom is 0.328 e. The van der Waals surface area contributed by atoms with Crippen molar-refractivity contribution < 1.29 is 82.6 Å². The van der Waals surface area contributed by atoms with Crippen molar-refractivity contribution in [3.8, 4) is 0 Å². The Kier molecular flexibility index (Phi) is 37.4. The zero-order valence-electron chi connectivity index (χ0n) is 55.7. The molecule has 0 aromatic heterocycles. The van der Waals surface area contributed by atoms with Crippen molar-refractivity contribution in [2.45, 2.75) is 228 Å². The largest absolute Gasteiger partial charge is 0.481 e. The second kappa shape index (κ2) is 40.7. The van der Waals surface area contributed by atoms with Gasteiger partial charge in [-0.1, -0.05) is 116 Å². The van der Waals surface area contributed by atoms with Gasteiger partial charge in [0.15, 0.2) is 0 Å². The molecule has 8 amide bonds. The zero-order valence-corrected chi connectivity index (χ0v) is 58.7. The molecule has 29 heteroatoms. The Labute approximate surface area is 549 Å². The molecule has 12 N–H and O–H groups in total. The number of nitrogens with two attached hydrogens (primary N) is 1. The molecular weight excluding hydrogens is 1300 g/mol. The number of aliphatic hydroxyl groups excluding tert-OH is 1. The summed E-state index contributed by atoms with van der Waals surface area (Å²) in [5, 5.41) is 53.7. The van der Waals surface area contributed by atoms with Gasteiger partial charge in [0.1, 0.15) is 30.2 Å². The number of amides is 8. The number of carbonyl (C=O) groups excluding carboxylic acids is 8. The molecule has 1 fully saturated rings. The first-order chi connectivity index (χ1) is 42.1. The summed E-state index contributed by atoms with van der Waals surface area (Å²) in [4.78, 5) is 153. The standard InChI is InChI=1S/C61H107IN10O17S/c1-17-23-38(19-3)32-70(13)50(34(8)9)58(84)68-48(33(6)7)59(85)71(14)51(35(10)18-2)43(88-15)28-45(74)72-27-22-24-42(72)52(89-16)36(11)53(79)69-49(37(12)73)57(83)65-39(25-26-46(75)76)55(81)67-41(60(86)87)31-64-54(80)40(30-63)66-56(82)44(29-47(77)78)90-61(62,20-4)21-5/h19,33-37,39-44,48-52,73H,17-18,20-32,63H2,1-16H3,(H,64,80)(H,65,83)(H,66,82)(H,67,81)(H,68,84)(H,69,79)(H,75,76)(H,77,78)(H,86,87)/b38-19-/t35-,36+,37?,39-,40-,41-,42-,43+,44?,48-,49-,50-,51-,52?/m0/s1. The van der Waals surface area contributed by atoms with Crippen LogP contribution in [-0.2, 0) is 62.2 Å². The Morgan fingerprint density at radius 3 is 1.80 bits per heavy atom. The van der Waals surface area contributed by atoms with E-state index in [0.717, 1.165) is 24.6 Å². The summed E-state index contributed by atoms with van der Waals surface area (Å²) < 4.78 is 11.5. The van der Waals surface area contributed by atoms with Crippen LogP contribution >= 0.6 is 34.4 Å². The molecule has 1 saturated heterocycles. The van der Waals surface area contributed by atoms with Gasteiger partial charge in [-0.05, 0) is 77.2 Å². The average Bonchev–Trinajstić information content (AvgIpc) is 1.49. The van der Waals surface area contributed by atoms with Crippen molar-refractivity contribution in [1.29, 1.82) is 0 Å². The van der Waals surface area contributed by atoms with Gasteiger partial charge in [-0.3, -0.25) is 52.8 Å². The first kappa shape index (κ1) is 82.8. The number of likely N-dealkylation sites (N-methyl/N-ethyl adjacent to an activating group) is 2. The molecular formula is C61H107IN10O17S. The molecule has 1 aliphatic heterocycles. The molecule has 0 saturated carbocycles. The fourth-order valence-corrected chi connectivity index (χ4v) is 13.3. The number of methoxy groups -OCH3 is 2. The van der Waals surface area contributed by atoms with Gasteiger partial charge in [-0.25, -0.2) is 4.79 Å². The number of hydrogen-bond acceptors (Lipinski definition) is 17. The lowest BCUT2D eigenvalue weighted by Crippen LogP contribution is -2.61. The minimum absolute atomic E-state index is 0.0731. The fourth-order valence-electron chi connectivity index (χ4n) is 11.1. The SMILES string of the molecule is C/C=C(/CCC)CN(C)[C@H](C(=O)N[C@H](C(=O)N(C)[C@@H]([C@@H](C)CC)[C@@H](CC(=O)N1CCC[C@H]1C(OC)[C@@H](C)C(=O)N[C@H](C(=O)N[C@@H](CCC(=O)O)C(=O)N[C@@H](CNC(=O)[C@H](CN)NC(=O)C(CC(=O)O)SC(I)(CC)CC)C(=O)O)C(C)O)OC)C(C)C)C(C)C. The van der Waals surface area contributed by atoms with E-state index < -0.39 is 160 Å². The highest BCUT2D eigenvalue weighted by Crippen LogP contribution is 2.43. The predicted octanol–water partition coefficient (Wildman–Crippen LogP) is 2.62. The molecule has 0 bridgehead atoms. The Morgan fingerprint density at radius 2 is 1.32 bits per heavy atom. The maximum atomic E-state index is 14.7. The third kappa shape index (κ3) is 25.7. The van der Waals surface area contributed by atoms with Gasteiger partial charge in [0.05, 0.1) is 63.2 Å². The summed E-state index contributed by atoms with van der Waals surface area (Å²) in [6, 6.07) is -9.69. The van der Waals surface area contributed by atoms with Gasteiger partial charge >= 0.3 is 17.9 Å². The van der Waals surface area contributed by atoms with Crippen LogP contribution in [0.3, 0.4) is 0 Å². The molecule has 0 aliphatic carbocycles. The molecule has 1 aliphatic rings. The number of ether oxygens (including phenoxy) is 2. The molecule has 27 nitrogen and oxygen atoms in total. The molecule has 14 atom stereocenters. The molecule has 1 rings (SSSR count). The van der Waals surface area contributed by atoms with E-state index >= 15 is 0 Å². The smallest absolute Gasteiger partial charge is 0.328 e. The van der Waals surface area contributed by atoms with Gasteiger partial charge in [0, 0.05) is 53.9 Å². The van der Waals surface area contributed by atoms with Crippen molar-refractivity contribution in [1.82, 2.24) is 46.6 Å². The predicted molar refractivity (Wildman–Crippen MR) is 350 cm³/mol. The first-order valence-electron chi connectivity index (χ1n) is 31.3. The second-order valence-corrected chi connectivity index (χ2v) is 28.5. The van der Waals surface area contributed by atoms with Gasteiger partial charge in [0.25, 0.3) is 0 Å². The van der Waals surface area contributed by atoms with Crippen molar-refractivity contribution in [3.63, 3.8) is 0 Å². The Balaban J connectivity index is 3.39. The number of nitrogens with one attached hydrogen (secondary N) is 6. The van der Waals surface area contributed by atoms with Gasteiger partial charge in [-0.15, -0.1) is 11.8 Å². The van der Waals surface area contributed by atoms with Crippen LogP contribution in [-0.4, -0.2) is 229 Å². The Hall–Kier alpha value is -5.21. The van der Waals surface area contributed by atoms with Crippen LogP contribution in [0.4, 0.5) is 0 Å². The maximum absolute atomic E-state index is 14.7. The van der Waals surface area contributed by atoms with Gasteiger partial charge in [0.2, 0.25) is 47.3 Å². The molecule has 0 spiro atoms. The van der Waals surface area contributed by atoms with E-state index in [0.29, 0.717) is 38.6 Å². The summed E-state index contributed by atoms with van der Waals surface area (Å²) in [5.41, 5.74) is 7.01. The molecule has 90 heavy (non-hydrogen) atoms. The van der Waals surface area contributed by atoms with Crippen LogP contribution in [0.1, 0.15) is 154 Å². The number of hydrogen-bond donors (Lipinski definition) is 11. The molecule has 516 valence electrons. The number of aliphatic hydroxyl groups is 1. The number of likely N-dealkylation sites (tertiary alicyclic amines) is 1. The van der Waals surface area contributed by atoms with Crippen LogP contribution in [0.2, 0.25) is 0 Å². The van der Waals surface area contributed by atoms with E-state index in [1.54, 1.807) is 16.8 Å². The number of carboxylic acids is 3. The van der Waals surface area contributed by atoms with Crippen LogP contribution in [0, 0.1) is 23.7 Å². The van der Waals surface area contributed by atoms with Crippen molar-refractivity contribution in [2.24, 2.45) is 29.4 Å². The quantitative estimate of drug-likeness (QED) is 0.0237. The van der Waals surface area contributed by atoms with E-state index in [4.69, 9.17) is 15.2 Å². The van der Waals surface area contributed by atoms with E-state index in [1.807, 2.05) is 74.3 Å². The molecule has 0 aromatic rings. The summed E-state index contributed by atoms with van der Waals surface area (Å²) in [5.74, 6) is -12.0. The highest BCUT2D eigenvalue weighted by atomic mass is 127. The number of rotatable bonds is 43. The summed E-state index contributed by atoms with van der Waals surface area (Å²) in [7, 11) is 6.39. The Morgan fingerprint density at radius 1 is 0.733 bits per heavy atom. The van der Waals surface area contributed by atoms with Crippen molar-refractivity contribution in [3.05, 3.63) is 11.6 Å². The van der Waals surface area contributed by atoms with Crippen LogP contribution < -0.4 is 37.6 Å². The minimum Gasteiger partial charge on any atom is -0.481 e. The third-order valence-corrected chi connectivity index (χ3v) is 20.6. The molecule has 0 aromatic carbocycles. The highest BCUT2D eigenvalue weighted by Gasteiger charge is 2.45. The molecule has 1 heterocycles. The summed E-state index contributed by atoms with van der Waals surface area (Å²) in [6.07, 6.45) is 1.14. The summed E-state index contributed by atoms with van der Waals surface area (Å²) in [6.45, 7) is 21.7. The monoisotopic (exact) mass is 1410 g/mol. The number of thioether (sulfide) groups is 1. The number of carboxylic acid groups (broad SMARTS) is 3. The van der Waals surface area contributed by atoms with Crippen LogP contribution in [0.5, 0.6) is 0 Å². The third-order valence-electron chi connectivity index (χ3n) is 16.7. The molecule has 0 radical (unpaired) electrons. The van der Waals surface area contributed by atoms with E-state index in [2.05, 4.69) is 67.5 Å². The first-order valence-corrected chi connectivity index (χ1v) is 33.2. The average molecular weight is 1410 g/mol. The molecule has 3 unspecified atom stereocenters. The number of aliphatic carboxylic acids is 3. The number of alkyl halides is 1.